The second-order valence-corrected chi connectivity index (χ2v) is 6.71. The average molecular weight is 307 g/mol. The summed E-state index contributed by atoms with van der Waals surface area (Å²) in [6.45, 7) is 6.95. The SMILES string of the molecule is CC(C)(C)c1ccc(C(=O)NCc2cnn3ccccc23)cc1. The molecule has 0 aliphatic heterocycles. The predicted octanol–water partition coefficient (Wildman–Crippen LogP) is 3.56. The number of aromatic nitrogens is 2. The van der Waals surface area contributed by atoms with Gasteiger partial charge >= 0.3 is 0 Å². The Morgan fingerprint density at radius 1 is 1.13 bits per heavy atom. The molecule has 0 bridgehead atoms. The first-order valence-electron chi connectivity index (χ1n) is 7.75. The molecular weight excluding hydrogens is 286 g/mol. The smallest absolute Gasteiger partial charge is 0.251 e. The van der Waals surface area contributed by atoms with Gasteiger partial charge in [0.2, 0.25) is 0 Å². The van der Waals surface area contributed by atoms with Crippen LogP contribution in [0.5, 0.6) is 0 Å². The topological polar surface area (TPSA) is 46.4 Å². The lowest BCUT2D eigenvalue weighted by Crippen LogP contribution is -2.23. The maximum atomic E-state index is 12.3. The van der Waals surface area contributed by atoms with Crippen molar-refractivity contribution in [2.75, 3.05) is 0 Å². The van der Waals surface area contributed by atoms with E-state index in [-0.39, 0.29) is 11.3 Å². The van der Waals surface area contributed by atoms with Crippen LogP contribution >= 0.6 is 0 Å². The van der Waals surface area contributed by atoms with Gasteiger partial charge in [0, 0.05) is 23.9 Å². The number of carbonyl (C=O) groups excluding carboxylic acids is 1. The molecule has 0 fully saturated rings. The van der Waals surface area contributed by atoms with Gasteiger partial charge in [-0.2, -0.15) is 5.10 Å². The van der Waals surface area contributed by atoms with Crippen LogP contribution in [0.4, 0.5) is 0 Å². The second kappa shape index (κ2) is 5.88. The molecule has 1 amide bonds. The van der Waals surface area contributed by atoms with Crippen molar-refractivity contribution in [2.45, 2.75) is 32.7 Å². The normalized spacial score (nSPS) is 11.6. The van der Waals surface area contributed by atoms with Crippen molar-refractivity contribution in [3.05, 3.63) is 71.5 Å². The highest BCUT2D eigenvalue weighted by atomic mass is 16.1. The minimum absolute atomic E-state index is 0.0688. The molecule has 0 saturated carbocycles. The number of pyridine rings is 1. The Labute approximate surface area is 136 Å². The zero-order valence-electron chi connectivity index (χ0n) is 13.7. The van der Waals surface area contributed by atoms with Crippen molar-refractivity contribution < 1.29 is 4.79 Å². The molecule has 0 saturated heterocycles. The van der Waals surface area contributed by atoms with Crippen LogP contribution in [-0.4, -0.2) is 15.5 Å². The zero-order valence-corrected chi connectivity index (χ0v) is 13.7. The third-order valence-electron chi connectivity index (χ3n) is 3.96. The third kappa shape index (κ3) is 3.26. The fourth-order valence-corrected chi connectivity index (χ4v) is 2.52. The van der Waals surface area contributed by atoms with E-state index in [1.807, 2.05) is 48.7 Å². The highest BCUT2D eigenvalue weighted by molar-refractivity contribution is 5.94. The number of hydrogen-bond donors (Lipinski definition) is 1. The molecule has 1 aromatic carbocycles. The first-order chi connectivity index (χ1) is 10.9. The number of rotatable bonds is 3. The summed E-state index contributed by atoms with van der Waals surface area (Å²) in [4.78, 5) is 12.3. The van der Waals surface area contributed by atoms with Gasteiger partial charge in [-0.25, -0.2) is 4.52 Å². The van der Waals surface area contributed by atoms with Crippen LogP contribution in [-0.2, 0) is 12.0 Å². The summed E-state index contributed by atoms with van der Waals surface area (Å²) in [5.41, 5.74) is 4.00. The molecule has 3 aromatic rings. The van der Waals surface area contributed by atoms with Crippen LogP contribution in [0.15, 0.2) is 54.9 Å². The molecular formula is C19H21N3O. The van der Waals surface area contributed by atoms with Gasteiger partial charge < -0.3 is 5.32 Å². The number of fused-ring (bicyclic) bond motifs is 1. The Morgan fingerprint density at radius 3 is 2.57 bits per heavy atom. The lowest BCUT2D eigenvalue weighted by Gasteiger charge is -2.19. The summed E-state index contributed by atoms with van der Waals surface area (Å²) in [5, 5.41) is 7.23. The molecule has 0 radical (unpaired) electrons. The van der Waals surface area contributed by atoms with Crippen molar-refractivity contribution in [3.8, 4) is 0 Å². The van der Waals surface area contributed by atoms with Crippen molar-refractivity contribution in [1.29, 1.82) is 0 Å². The van der Waals surface area contributed by atoms with E-state index in [1.165, 1.54) is 5.56 Å². The van der Waals surface area contributed by atoms with Crippen LogP contribution in [0.25, 0.3) is 5.52 Å². The molecule has 0 aliphatic rings. The summed E-state index contributed by atoms with van der Waals surface area (Å²) < 4.78 is 1.81. The number of benzene rings is 1. The van der Waals surface area contributed by atoms with Gasteiger partial charge in [-0.1, -0.05) is 39.0 Å². The van der Waals surface area contributed by atoms with Gasteiger partial charge in [0.25, 0.3) is 5.91 Å². The lowest BCUT2D eigenvalue weighted by molar-refractivity contribution is 0.0951. The highest BCUT2D eigenvalue weighted by Gasteiger charge is 2.14. The second-order valence-electron chi connectivity index (χ2n) is 6.71. The van der Waals surface area contributed by atoms with Gasteiger partial charge in [0.05, 0.1) is 11.7 Å². The standard InChI is InChI=1S/C19H21N3O/c1-19(2,3)16-9-7-14(8-10-16)18(23)20-12-15-13-21-22-11-5-4-6-17(15)22/h4-11,13H,12H2,1-3H3,(H,20,23). The quantitative estimate of drug-likeness (QED) is 0.804. The van der Waals surface area contributed by atoms with E-state index in [1.54, 1.807) is 10.7 Å². The van der Waals surface area contributed by atoms with Crippen LogP contribution in [0.1, 0.15) is 42.3 Å². The number of amides is 1. The summed E-state index contributed by atoms with van der Waals surface area (Å²) >= 11 is 0. The summed E-state index contributed by atoms with van der Waals surface area (Å²) in [5.74, 6) is -0.0688. The van der Waals surface area contributed by atoms with Gasteiger partial charge in [0.15, 0.2) is 0 Å². The van der Waals surface area contributed by atoms with Crippen molar-refractivity contribution in [3.63, 3.8) is 0 Å². The average Bonchev–Trinajstić information content (AvgIpc) is 2.95. The van der Waals surface area contributed by atoms with E-state index in [9.17, 15) is 4.79 Å². The van der Waals surface area contributed by atoms with E-state index < -0.39 is 0 Å². The van der Waals surface area contributed by atoms with E-state index in [0.29, 0.717) is 12.1 Å². The summed E-state index contributed by atoms with van der Waals surface area (Å²) in [6, 6.07) is 13.7. The Balaban J connectivity index is 1.70. The van der Waals surface area contributed by atoms with Crippen molar-refractivity contribution in [1.82, 2.24) is 14.9 Å². The fraction of sp³-hybridized carbons (Fsp3) is 0.263. The fourth-order valence-electron chi connectivity index (χ4n) is 2.52. The van der Waals surface area contributed by atoms with Crippen LogP contribution < -0.4 is 5.32 Å². The third-order valence-corrected chi connectivity index (χ3v) is 3.96. The Morgan fingerprint density at radius 2 is 1.87 bits per heavy atom. The molecule has 0 atom stereocenters. The molecule has 2 heterocycles. The number of nitrogens with zero attached hydrogens (tertiary/aromatic N) is 2. The predicted molar refractivity (Wildman–Crippen MR) is 91.5 cm³/mol. The minimum Gasteiger partial charge on any atom is -0.348 e. The Kier molecular flexibility index (Phi) is 3.90. The molecule has 0 aliphatic carbocycles. The van der Waals surface area contributed by atoms with Crippen LogP contribution in [0, 0.1) is 0 Å². The lowest BCUT2D eigenvalue weighted by atomic mass is 9.87. The monoisotopic (exact) mass is 307 g/mol. The van der Waals surface area contributed by atoms with Gasteiger partial charge in [-0.05, 0) is 35.2 Å². The highest BCUT2D eigenvalue weighted by Crippen LogP contribution is 2.22. The van der Waals surface area contributed by atoms with E-state index in [0.717, 1.165) is 11.1 Å². The molecule has 4 nitrogen and oxygen atoms in total. The van der Waals surface area contributed by atoms with Crippen molar-refractivity contribution in [2.24, 2.45) is 0 Å². The van der Waals surface area contributed by atoms with Crippen molar-refractivity contribution >= 4 is 11.4 Å². The molecule has 3 rings (SSSR count). The van der Waals surface area contributed by atoms with Gasteiger partial charge in [-0.15, -0.1) is 0 Å². The van der Waals surface area contributed by atoms with E-state index in [4.69, 9.17) is 0 Å². The molecule has 4 heteroatoms. The molecule has 1 N–H and O–H groups in total. The number of nitrogens with one attached hydrogen (secondary N) is 1. The molecule has 118 valence electrons. The molecule has 0 unspecified atom stereocenters. The van der Waals surface area contributed by atoms with Crippen LogP contribution in [0.3, 0.4) is 0 Å². The van der Waals surface area contributed by atoms with E-state index in [2.05, 4.69) is 31.2 Å². The van der Waals surface area contributed by atoms with Gasteiger partial charge in [-0.3, -0.25) is 4.79 Å². The van der Waals surface area contributed by atoms with Crippen LogP contribution in [0.2, 0.25) is 0 Å². The largest absolute Gasteiger partial charge is 0.348 e. The number of hydrogen-bond acceptors (Lipinski definition) is 2. The molecule has 0 spiro atoms. The molecule has 23 heavy (non-hydrogen) atoms. The number of carbonyl (C=O) groups is 1. The minimum atomic E-state index is -0.0688. The first kappa shape index (κ1) is 15.3. The molecule has 2 aromatic heterocycles. The zero-order chi connectivity index (χ0) is 16.4. The van der Waals surface area contributed by atoms with E-state index >= 15 is 0 Å². The summed E-state index contributed by atoms with van der Waals surface area (Å²) in [7, 11) is 0. The Bertz CT molecular complexity index is 826. The maximum absolute atomic E-state index is 12.3. The maximum Gasteiger partial charge on any atom is 0.251 e. The summed E-state index contributed by atoms with van der Waals surface area (Å²) in [6.07, 6.45) is 3.68. The van der Waals surface area contributed by atoms with Gasteiger partial charge in [0.1, 0.15) is 0 Å². The Hall–Kier alpha value is -2.62. The first-order valence-corrected chi connectivity index (χ1v) is 7.75.